The van der Waals surface area contributed by atoms with E-state index >= 15 is 0 Å². The van der Waals surface area contributed by atoms with Gasteiger partial charge in [-0.25, -0.2) is 4.90 Å². The van der Waals surface area contributed by atoms with Crippen molar-refractivity contribution in [1.82, 2.24) is 4.90 Å². The van der Waals surface area contributed by atoms with E-state index in [1.54, 1.807) is 29.2 Å². The number of hydrogen-bond donors (Lipinski definition) is 0. The number of hydrogen-bond acceptors (Lipinski definition) is 3. The summed E-state index contributed by atoms with van der Waals surface area (Å²) in [5.41, 5.74) is 3.11. The molecular weight excluding hydrogens is 376 g/mol. The Labute approximate surface area is 173 Å². The highest BCUT2D eigenvalue weighted by Gasteiger charge is 2.67. The molecule has 30 heavy (non-hydrogen) atoms. The summed E-state index contributed by atoms with van der Waals surface area (Å²) in [7, 11) is 0. The van der Waals surface area contributed by atoms with Crippen molar-refractivity contribution in [3.05, 3.63) is 102 Å². The van der Waals surface area contributed by atoms with Gasteiger partial charge in [0.15, 0.2) is 0 Å². The number of fused-ring (bicyclic) bond motifs is 8. The van der Waals surface area contributed by atoms with Crippen LogP contribution in [0.1, 0.15) is 33.6 Å². The molecule has 3 aliphatic heterocycles. The molecule has 3 aliphatic rings. The maximum Gasteiger partial charge on any atom is 0.254 e. The number of rotatable bonds is 2. The van der Waals surface area contributed by atoms with Crippen LogP contribution in [0.5, 0.6) is 0 Å². The number of para-hydroxylation sites is 1. The summed E-state index contributed by atoms with van der Waals surface area (Å²) >= 11 is 0. The predicted octanol–water partition coefficient (Wildman–Crippen LogP) is 3.74. The fourth-order valence-corrected chi connectivity index (χ4v) is 5.45. The number of carbonyl (C=O) groups excluding carboxylic acids is 3. The molecule has 146 valence electrons. The van der Waals surface area contributed by atoms with Crippen LogP contribution in [-0.2, 0) is 9.59 Å². The number of benzene rings is 3. The number of carbonyl (C=O) groups is 3. The largest absolute Gasteiger partial charge is 0.323 e. The monoisotopic (exact) mass is 394 g/mol. The minimum Gasteiger partial charge on any atom is -0.323 e. The minimum absolute atomic E-state index is 0.136. The molecule has 0 saturated carbocycles. The average Bonchev–Trinajstić information content (AvgIpc) is 3.40. The van der Waals surface area contributed by atoms with E-state index in [0.29, 0.717) is 11.3 Å². The zero-order valence-electron chi connectivity index (χ0n) is 16.0. The molecule has 2 fully saturated rings. The van der Waals surface area contributed by atoms with Gasteiger partial charge in [-0.05, 0) is 35.4 Å². The van der Waals surface area contributed by atoms with E-state index in [9.17, 15) is 14.4 Å². The van der Waals surface area contributed by atoms with Crippen LogP contribution in [0.4, 0.5) is 5.69 Å². The number of nitrogens with zero attached hydrogens (tertiary/aromatic N) is 2. The lowest BCUT2D eigenvalue weighted by molar-refractivity contribution is -0.123. The summed E-state index contributed by atoms with van der Waals surface area (Å²) in [5.74, 6) is -1.67. The summed E-state index contributed by atoms with van der Waals surface area (Å²) in [6.45, 7) is 0. The van der Waals surface area contributed by atoms with Gasteiger partial charge >= 0.3 is 0 Å². The van der Waals surface area contributed by atoms with Gasteiger partial charge in [0.05, 0.1) is 29.6 Å². The van der Waals surface area contributed by atoms with Crippen molar-refractivity contribution in [2.24, 2.45) is 11.8 Å². The number of anilines is 1. The lowest BCUT2D eigenvalue weighted by atomic mass is 9.77. The van der Waals surface area contributed by atoms with Gasteiger partial charge in [0, 0.05) is 5.56 Å². The molecule has 3 heterocycles. The van der Waals surface area contributed by atoms with Gasteiger partial charge in [-0.1, -0.05) is 60.7 Å². The zero-order valence-corrected chi connectivity index (χ0v) is 16.0. The SMILES string of the molecule is O=C1[C@@H]2[C@H](C(=O)N1c1ccccc1)[C@@H]1c3ccccc3[C@H]2N1C(=O)c1ccccc1. The van der Waals surface area contributed by atoms with Crippen LogP contribution < -0.4 is 4.90 Å². The molecule has 0 aliphatic carbocycles. The van der Waals surface area contributed by atoms with Crippen molar-refractivity contribution in [2.45, 2.75) is 12.1 Å². The molecule has 5 heteroatoms. The van der Waals surface area contributed by atoms with Crippen molar-refractivity contribution in [1.29, 1.82) is 0 Å². The van der Waals surface area contributed by atoms with Crippen LogP contribution in [0.15, 0.2) is 84.9 Å². The van der Waals surface area contributed by atoms with E-state index in [0.717, 1.165) is 11.1 Å². The Hall–Kier alpha value is -3.73. The first kappa shape index (κ1) is 17.2. The number of imide groups is 1. The Kier molecular flexibility index (Phi) is 3.51. The summed E-state index contributed by atoms with van der Waals surface area (Å²) in [5, 5.41) is 0. The first-order chi connectivity index (χ1) is 14.7. The second-order valence-corrected chi connectivity index (χ2v) is 8.00. The van der Waals surface area contributed by atoms with Gasteiger partial charge in [0.25, 0.3) is 5.91 Å². The molecule has 0 unspecified atom stereocenters. The van der Waals surface area contributed by atoms with E-state index in [-0.39, 0.29) is 17.7 Å². The Balaban J connectivity index is 1.48. The Morgan fingerprint density at radius 3 is 1.63 bits per heavy atom. The molecule has 3 aromatic carbocycles. The molecule has 3 amide bonds. The highest BCUT2D eigenvalue weighted by Crippen LogP contribution is 2.62. The normalized spacial score (nSPS) is 26.1. The van der Waals surface area contributed by atoms with Crippen LogP contribution in [0.25, 0.3) is 0 Å². The maximum absolute atomic E-state index is 13.5. The molecule has 2 saturated heterocycles. The lowest BCUT2D eigenvalue weighted by Gasteiger charge is -2.27. The van der Waals surface area contributed by atoms with Crippen LogP contribution in [0, 0.1) is 11.8 Å². The summed E-state index contributed by atoms with van der Waals surface area (Å²) < 4.78 is 0. The lowest BCUT2D eigenvalue weighted by Crippen LogP contribution is -2.38. The third-order valence-corrected chi connectivity index (χ3v) is 6.58. The zero-order chi connectivity index (χ0) is 20.4. The van der Waals surface area contributed by atoms with Gasteiger partial charge < -0.3 is 4.90 Å². The third-order valence-electron chi connectivity index (χ3n) is 6.58. The van der Waals surface area contributed by atoms with E-state index < -0.39 is 23.9 Å². The second-order valence-electron chi connectivity index (χ2n) is 8.00. The Bertz CT molecular complexity index is 1140. The van der Waals surface area contributed by atoms with E-state index in [2.05, 4.69) is 0 Å². The summed E-state index contributed by atoms with van der Waals surface area (Å²) in [6, 6.07) is 25.1. The molecule has 5 nitrogen and oxygen atoms in total. The van der Waals surface area contributed by atoms with E-state index in [1.165, 1.54) is 4.90 Å². The number of amides is 3. The maximum atomic E-state index is 13.5. The topological polar surface area (TPSA) is 57.7 Å². The first-order valence-electron chi connectivity index (χ1n) is 10.1. The predicted molar refractivity (Wildman–Crippen MR) is 110 cm³/mol. The molecule has 4 atom stereocenters. The van der Waals surface area contributed by atoms with Crippen molar-refractivity contribution in [3.8, 4) is 0 Å². The molecule has 2 bridgehead atoms. The van der Waals surface area contributed by atoms with Gasteiger partial charge in [0.2, 0.25) is 11.8 Å². The Morgan fingerprint density at radius 2 is 1.10 bits per heavy atom. The van der Waals surface area contributed by atoms with Crippen molar-refractivity contribution < 1.29 is 14.4 Å². The van der Waals surface area contributed by atoms with E-state index in [1.807, 2.05) is 60.7 Å². The van der Waals surface area contributed by atoms with Gasteiger partial charge in [-0.3, -0.25) is 14.4 Å². The quantitative estimate of drug-likeness (QED) is 0.622. The van der Waals surface area contributed by atoms with Crippen LogP contribution >= 0.6 is 0 Å². The fraction of sp³-hybridized carbons (Fsp3) is 0.160. The van der Waals surface area contributed by atoms with Gasteiger partial charge in [0.1, 0.15) is 0 Å². The molecule has 6 rings (SSSR count). The molecule has 3 aromatic rings. The van der Waals surface area contributed by atoms with E-state index in [4.69, 9.17) is 0 Å². The standard InChI is InChI=1S/C25H18N2O3/c28-23(15-9-3-1-4-10-15)27-21-17-13-7-8-14-18(17)22(27)20-19(21)24(29)26(25(20)30)16-11-5-2-6-12-16/h1-14,19-22H/t19-,20+,21-,22+. The molecule has 0 spiro atoms. The molecule has 0 N–H and O–H groups in total. The van der Waals surface area contributed by atoms with Crippen LogP contribution in [0.2, 0.25) is 0 Å². The fourth-order valence-electron chi connectivity index (χ4n) is 5.45. The molecule has 0 radical (unpaired) electrons. The smallest absolute Gasteiger partial charge is 0.254 e. The second kappa shape index (κ2) is 6.13. The van der Waals surface area contributed by atoms with Crippen molar-refractivity contribution in [3.63, 3.8) is 0 Å². The van der Waals surface area contributed by atoms with Gasteiger partial charge in [-0.15, -0.1) is 0 Å². The Morgan fingerprint density at radius 1 is 0.633 bits per heavy atom. The van der Waals surface area contributed by atoms with Gasteiger partial charge in [-0.2, -0.15) is 0 Å². The third kappa shape index (κ3) is 2.09. The minimum atomic E-state index is -0.551. The molecular formula is C25H18N2O3. The highest BCUT2D eigenvalue weighted by molar-refractivity contribution is 6.23. The molecule has 0 aromatic heterocycles. The van der Waals surface area contributed by atoms with Crippen molar-refractivity contribution in [2.75, 3.05) is 4.90 Å². The van der Waals surface area contributed by atoms with Crippen LogP contribution in [-0.4, -0.2) is 22.6 Å². The summed E-state index contributed by atoms with van der Waals surface area (Å²) in [6.07, 6.45) is 0. The van der Waals surface area contributed by atoms with Crippen molar-refractivity contribution >= 4 is 23.4 Å². The highest BCUT2D eigenvalue weighted by atomic mass is 16.2. The summed E-state index contributed by atoms with van der Waals surface area (Å²) in [4.78, 5) is 43.5. The van der Waals surface area contributed by atoms with Crippen LogP contribution in [0.3, 0.4) is 0 Å². The average molecular weight is 394 g/mol. The first-order valence-corrected chi connectivity index (χ1v) is 10.1.